The van der Waals surface area contributed by atoms with Gasteiger partial charge in [0.2, 0.25) is 5.95 Å². The van der Waals surface area contributed by atoms with E-state index in [9.17, 15) is 0 Å². The molecule has 1 heterocycles. The summed E-state index contributed by atoms with van der Waals surface area (Å²) < 4.78 is 0. The molecule has 1 aromatic heterocycles. The Hall–Kier alpha value is -1.20. The van der Waals surface area contributed by atoms with Crippen LogP contribution in [-0.4, -0.2) is 34.3 Å². The molecule has 0 unspecified atom stereocenters. The molecule has 0 saturated heterocycles. The van der Waals surface area contributed by atoms with Crippen molar-refractivity contribution in [2.45, 2.75) is 39.8 Å². The van der Waals surface area contributed by atoms with Crippen molar-refractivity contribution in [2.24, 2.45) is 5.73 Å². The zero-order chi connectivity index (χ0) is 12.8. The highest BCUT2D eigenvalue weighted by Gasteiger charge is 2.14. The van der Waals surface area contributed by atoms with Gasteiger partial charge in [0.15, 0.2) is 0 Å². The van der Waals surface area contributed by atoms with Crippen molar-refractivity contribution < 1.29 is 5.11 Å². The van der Waals surface area contributed by atoms with E-state index in [2.05, 4.69) is 28.7 Å². The SMILES string of the molecule is Cc1cc(CN)nc(N(CCCO)C(C)C)n1. The van der Waals surface area contributed by atoms with Gasteiger partial charge in [-0.3, -0.25) is 0 Å². The molecule has 0 fully saturated rings. The summed E-state index contributed by atoms with van der Waals surface area (Å²) in [4.78, 5) is 11.0. The van der Waals surface area contributed by atoms with Crippen molar-refractivity contribution in [3.63, 3.8) is 0 Å². The summed E-state index contributed by atoms with van der Waals surface area (Å²) in [5.74, 6) is 0.703. The van der Waals surface area contributed by atoms with Crippen molar-refractivity contribution in [3.05, 3.63) is 17.5 Å². The molecule has 1 aromatic rings. The fraction of sp³-hybridized carbons (Fsp3) is 0.667. The first kappa shape index (κ1) is 13.9. The molecule has 0 aromatic carbocycles. The minimum absolute atomic E-state index is 0.179. The molecule has 96 valence electrons. The second-order valence-electron chi connectivity index (χ2n) is 4.37. The molecule has 0 atom stereocenters. The van der Waals surface area contributed by atoms with Crippen molar-refractivity contribution in [3.8, 4) is 0 Å². The summed E-state index contributed by atoms with van der Waals surface area (Å²) in [6.07, 6.45) is 0.716. The maximum Gasteiger partial charge on any atom is 0.226 e. The third-order valence-corrected chi connectivity index (χ3v) is 2.54. The van der Waals surface area contributed by atoms with Crippen molar-refractivity contribution >= 4 is 5.95 Å². The molecule has 0 saturated carbocycles. The highest BCUT2D eigenvalue weighted by atomic mass is 16.3. The smallest absolute Gasteiger partial charge is 0.226 e. The van der Waals surface area contributed by atoms with Gasteiger partial charge in [-0.15, -0.1) is 0 Å². The van der Waals surface area contributed by atoms with Gasteiger partial charge >= 0.3 is 0 Å². The average Bonchev–Trinajstić information content (AvgIpc) is 2.28. The molecule has 3 N–H and O–H groups in total. The molecule has 0 aliphatic rings. The molecule has 0 bridgehead atoms. The molecule has 0 aliphatic carbocycles. The second kappa shape index (κ2) is 6.51. The van der Waals surface area contributed by atoms with E-state index in [1.54, 1.807) is 0 Å². The van der Waals surface area contributed by atoms with Gasteiger partial charge in [-0.2, -0.15) is 0 Å². The predicted octanol–water partition coefficient (Wildman–Crippen LogP) is 0.841. The van der Waals surface area contributed by atoms with Gasteiger partial charge in [0.05, 0.1) is 5.69 Å². The van der Waals surface area contributed by atoms with Crippen LogP contribution in [0.5, 0.6) is 0 Å². The molecule has 0 amide bonds. The van der Waals surface area contributed by atoms with Crippen LogP contribution in [0.4, 0.5) is 5.95 Å². The van der Waals surface area contributed by atoms with Gasteiger partial charge in [-0.1, -0.05) is 0 Å². The van der Waals surface area contributed by atoms with E-state index in [-0.39, 0.29) is 6.61 Å². The van der Waals surface area contributed by atoms with Crippen LogP contribution < -0.4 is 10.6 Å². The highest BCUT2D eigenvalue weighted by Crippen LogP contribution is 2.13. The molecule has 5 heteroatoms. The first-order valence-electron chi connectivity index (χ1n) is 6.00. The Morgan fingerprint density at radius 1 is 1.41 bits per heavy atom. The second-order valence-corrected chi connectivity index (χ2v) is 4.37. The van der Waals surface area contributed by atoms with Crippen molar-refractivity contribution in [1.29, 1.82) is 0 Å². The van der Waals surface area contributed by atoms with Gasteiger partial charge in [-0.25, -0.2) is 9.97 Å². The van der Waals surface area contributed by atoms with E-state index in [0.29, 0.717) is 25.0 Å². The Bertz CT molecular complexity index is 354. The van der Waals surface area contributed by atoms with Gasteiger partial charge in [0.1, 0.15) is 0 Å². The van der Waals surface area contributed by atoms with E-state index in [0.717, 1.165) is 17.9 Å². The predicted molar refractivity (Wildman–Crippen MR) is 68.8 cm³/mol. The number of aryl methyl sites for hydroxylation is 1. The zero-order valence-corrected chi connectivity index (χ0v) is 10.8. The quantitative estimate of drug-likeness (QED) is 0.768. The number of hydrogen-bond acceptors (Lipinski definition) is 5. The standard InChI is InChI=1S/C12H22N4O/c1-9(2)16(5-4-6-17)12-14-10(3)7-11(8-13)15-12/h7,9,17H,4-6,8,13H2,1-3H3. The van der Waals surface area contributed by atoms with Crippen LogP contribution >= 0.6 is 0 Å². The Labute approximate surface area is 103 Å². The van der Waals surface area contributed by atoms with Crippen LogP contribution in [0.1, 0.15) is 31.7 Å². The molecular weight excluding hydrogens is 216 g/mol. The largest absolute Gasteiger partial charge is 0.396 e. The molecule has 17 heavy (non-hydrogen) atoms. The lowest BCUT2D eigenvalue weighted by molar-refractivity contribution is 0.288. The Morgan fingerprint density at radius 3 is 2.65 bits per heavy atom. The number of nitrogens with zero attached hydrogens (tertiary/aromatic N) is 3. The van der Waals surface area contributed by atoms with Crippen LogP contribution in [0.25, 0.3) is 0 Å². The molecule has 5 nitrogen and oxygen atoms in total. The molecule has 0 aliphatic heterocycles. The normalized spacial score (nSPS) is 10.9. The third kappa shape index (κ3) is 3.94. The van der Waals surface area contributed by atoms with E-state index in [1.165, 1.54) is 0 Å². The van der Waals surface area contributed by atoms with Gasteiger partial charge < -0.3 is 15.7 Å². The number of aromatic nitrogens is 2. The summed E-state index contributed by atoms with van der Waals surface area (Å²) in [6, 6.07) is 2.20. The topological polar surface area (TPSA) is 75.3 Å². The lowest BCUT2D eigenvalue weighted by Crippen LogP contribution is -2.34. The fourth-order valence-corrected chi connectivity index (χ4v) is 1.68. The number of aliphatic hydroxyl groups is 1. The summed E-state index contributed by atoms with van der Waals surface area (Å²) in [6.45, 7) is 7.47. The van der Waals surface area contributed by atoms with Crippen molar-refractivity contribution in [1.82, 2.24) is 9.97 Å². The number of nitrogens with two attached hydrogens (primary N) is 1. The minimum atomic E-state index is 0.179. The third-order valence-electron chi connectivity index (χ3n) is 2.54. The Kier molecular flexibility index (Phi) is 5.31. The summed E-state index contributed by atoms with van der Waals surface area (Å²) in [7, 11) is 0. The number of rotatable bonds is 6. The van der Waals surface area contributed by atoms with E-state index in [4.69, 9.17) is 10.8 Å². The molecular formula is C12H22N4O. The maximum absolute atomic E-state index is 8.91. The van der Waals surface area contributed by atoms with E-state index in [1.807, 2.05) is 13.0 Å². The first-order chi connectivity index (χ1) is 8.08. The van der Waals surface area contributed by atoms with Crippen LogP contribution in [0, 0.1) is 6.92 Å². The van der Waals surface area contributed by atoms with Crippen LogP contribution in [-0.2, 0) is 6.54 Å². The average molecular weight is 238 g/mol. The monoisotopic (exact) mass is 238 g/mol. The summed E-state index contributed by atoms with van der Waals surface area (Å²) >= 11 is 0. The minimum Gasteiger partial charge on any atom is -0.396 e. The first-order valence-corrected chi connectivity index (χ1v) is 6.00. The van der Waals surface area contributed by atoms with Crippen LogP contribution in [0.2, 0.25) is 0 Å². The van der Waals surface area contributed by atoms with E-state index < -0.39 is 0 Å². The summed E-state index contributed by atoms with van der Waals surface area (Å²) in [5.41, 5.74) is 7.39. The number of aliphatic hydroxyl groups excluding tert-OH is 1. The fourth-order valence-electron chi connectivity index (χ4n) is 1.68. The van der Waals surface area contributed by atoms with Crippen molar-refractivity contribution in [2.75, 3.05) is 18.1 Å². The van der Waals surface area contributed by atoms with Gasteiger partial charge in [0.25, 0.3) is 0 Å². The van der Waals surface area contributed by atoms with Gasteiger partial charge in [0, 0.05) is 31.4 Å². The van der Waals surface area contributed by atoms with Crippen LogP contribution in [0.3, 0.4) is 0 Å². The number of hydrogen-bond donors (Lipinski definition) is 2. The number of anilines is 1. The molecule has 1 rings (SSSR count). The molecule has 0 spiro atoms. The Morgan fingerprint density at radius 2 is 2.12 bits per heavy atom. The lowest BCUT2D eigenvalue weighted by atomic mass is 10.3. The zero-order valence-electron chi connectivity index (χ0n) is 10.8. The molecule has 0 radical (unpaired) electrons. The highest BCUT2D eigenvalue weighted by molar-refractivity contribution is 5.33. The van der Waals surface area contributed by atoms with Gasteiger partial charge in [-0.05, 0) is 33.3 Å². The summed E-state index contributed by atoms with van der Waals surface area (Å²) in [5, 5.41) is 8.91. The Balaban J connectivity index is 2.96. The lowest BCUT2D eigenvalue weighted by Gasteiger charge is -2.27. The maximum atomic E-state index is 8.91. The van der Waals surface area contributed by atoms with E-state index >= 15 is 0 Å². The van der Waals surface area contributed by atoms with Crippen LogP contribution in [0.15, 0.2) is 6.07 Å².